The van der Waals surface area contributed by atoms with Crippen molar-refractivity contribution in [3.63, 3.8) is 0 Å². The molecule has 0 aliphatic rings. The molecule has 1 N–H and O–H groups in total. The number of aromatic amines is 1. The lowest BCUT2D eigenvalue weighted by molar-refractivity contribution is -0.127. The van der Waals surface area contributed by atoms with Gasteiger partial charge in [0.25, 0.3) is 0 Å². The van der Waals surface area contributed by atoms with E-state index in [1.807, 2.05) is 24.3 Å². The highest BCUT2D eigenvalue weighted by molar-refractivity contribution is 7.99. The summed E-state index contributed by atoms with van der Waals surface area (Å²) in [6.45, 7) is 0.562. The van der Waals surface area contributed by atoms with Crippen LogP contribution in [0.4, 0.5) is 0 Å². The van der Waals surface area contributed by atoms with Gasteiger partial charge in [-0.15, -0.1) is 0 Å². The Morgan fingerprint density at radius 2 is 2.16 bits per heavy atom. The van der Waals surface area contributed by atoms with Gasteiger partial charge in [-0.25, -0.2) is 4.98 Å². The second kappa shape index (κ2) is 6.58. The molecular weight excluding hydrogens is 284 g/mol. The van der Waals surface area contributed by atoms with E-state index < -0.39 is 0 Å². The van der Waals surface area contributed by atoms with Crippen LogP contribution in [0, 0.1) is 0 Å². The van der Waals surface area contributed by atoms with Crippen LogP contribution in [0.2, 0.25) is 5.02 Å². The number of hydrogen-bond acceptors (Lipinski definition) is 4. The molecule has 19 heavy (non-hydrogen) atoms. The summed E-state index contributed by atoms with van der Waals surface area (Å²) >= 11 is 7.15. The van der Waals surface area contributed by atoms with Gasteiger partial charge < -0.3 is 4.90 Å². The number of aromatic nitrogens is 3. The Hall–Kier alpha value is -1.53. The number of H-pyrrole nitrogens is 1. The molecule has 2 aromatic rings. The molecule has 5 nitrogen and oxygen atoms in total. The molecule has 0 spiro atoms. The van der Waals surface area contributed by atoms with Crippen molar-refractivity contribution >= 4 is 29.3 Å². The van der Waals surface area contributed by atoms with Crippen molar-refractivity contribution in [3.05, 3.63) is 41.2 Å². The van der Waals surface area contributed by atoms with Crippen LogP contribution in [0.3, 0.4) is 0 Å². The molecule has 1 aromatic heterocycles. The number of amides is 1. The van der Waals surface area contributed by atoms with Gasteiger partial charge in [0, 0.05) is 18.6 Å². The molecule has 0 atom stereocenters. The Kier molecular flexibility index (Phi) is 4.81. The SMILES string of the molecule is CN(Cc1ccc(Cl)cc1)C(=O)CSc1ncn[nH]1. The topological polar surface area (TPSA) is 61.9 Å². The largest absolute Gasteiger partial charge is 0.341 e. The molecule has 0 saturated carbocycles. The van der Waals surface area contributed by atoms with Crippen molar-refractivity contribution in [2.75, 3.05) is 12.8 Å². The lowest BCUT2D eigenvalue weighted by atomic mass is 10.2. The number of thioether (sulfide) groups is 1. The number of carbonyl (C=O) groups excluding carboxylic acids is 1. The fourth-order valence-corrected chi connectivity index (χ4v) is 2.30. The predicted octanol–water partition coefficient (Wildman–Crippen LogP) is 2.21. The van der Waals surface area contributed by atoms with E-state index in [4.69, 9.17) is 11.6 Å². The Morgan fingerprint density at radius 3 is 2.79 bits per heavy atom. The minimum Gasteiger partial charge on any atom is -0.341 e. The quantitative estimate of drug-likeness (QED) is 0.859. The molecule has 0 bridgehead atoms. The van der Waals surface area contributed by atoms with Crippen LogP contribution in [0.25, 0.3) is 0 Å². The number of carbonyl (C=O) groups is 1. The Bertz CT molecular complexity index is 529. The van der Waals surface area contributed by atoms with E-state index in [2.05, 4.69) is 15.2 Å². The van der Waals surface area contributed by atoms with Crippen molar-refractivity contribution in [2.45, 2.75) is 11.7 Å². The summed E-state index contributed by atoms with van der Waals surface area (Å²) in [5, 5.41) is 7.77. The minimum absolute atomic E-state index is 0.0383. The summed E-state index contributed by atoms with van der Waals surface area (Å²) in [6.07, 6.45) is 1.42. The molecule has 2 rings (SSSR count). The van der Waals surface area contributed by atoms with Crippen molar-refractivity contribution in [1.82, 2.24) is 20.1 Å². The summed E-state index contributed by atoms with van der Waals surface area (Å²) < 4.78 is 0. The summed E-state index contributed by atoms with van der Waals surface area (Å²) in [7, 11) is 1.78. The van der Waals surface area contributed by atoms with Crippen molar-refractivity contribution in [1.29, 1.82) is 0 Å². The third kappa shape index (κ3) is 4.25. The molecule has 0 fully saturated rings. The van der Waals surface area contributed by atoms with E-state index in [0.717, 1.165) is 5.56 Å². The zero-order valence-electron chi connectivity index (χ0n) is 10.3. The molecule has 0 radical (unpaired) electrons. The number of rotatable bonds is 5. The van der Waals surface area contributed by atoms with Gasteiger partial charge in [0.15, 0.2) is 5.16 Å². The maximum Gasteiger partial charge on any atom is 0.233 e. The molecule has 1 heterocycles. The Labute approximate surface area is 120 Å². The van der Waals surface area contributed by atoms with Crippen LogP contribution < -0.4 is 0 Å². The van der Waals surface area contributed by atoms with E-state index in [1.54, 1.807) is 11.9 Å². The molecule has 0 saturated heterocycles. The third-order valence-corrected chi connectivity index (χ3v) is 3.60. The van der Waals surface area contributed by atoms with E-state index >= 15 is 0 Å². The zero-order chi connectivity index (χ0) is 13.7. The molecule has 7 heteroatoms. The number of halogens is 1. The monoisotopic (exact) mass is 296 g/mol. The lowest BCUT2D eigenvalue weighted by Gasteiger charge is -2.16. The second-order valence-electron chi connectivity index (χ2n) is 3.96. The van der Waals surface area contributed by atoms with Gasteiger partial charge in [0.05, 0.1) is 5.75 Å². The summed E-state index contributed by atoms with van der Waals surface area (Å²) in [4.78, 5) is 17.6. The molecule has 1 amide bonds. The predicted molar refractivity (Wildman–Crippen MR) is 75.0 cm³/mol. The third-order valence-electron chi connectivity index (χ3n) is 2.48. The van der Waals surface area contributed by atoms with Gasteiger partial charge >= 0.3 is 0 Å². The Morgan fingerprint density at radius 1 is 1.42 bits per heavy atom. The van der Waals surface area contributed by atoms with E-state index in [-0.39, 0.29) is 5.91 Å². The van der Waals surface area contributed by atoms with Gasteiger partial charge in [-0.05, 0) is 17.7 Å². The number of nitrogens with zero attached hydrogens (tertiary/aromatic N) is 3. The molecule has 0 aliphatic heterocycles. The lowest BCUT2D eigenvalue weighted by Crippen LogP contribution is -2.27. The van der Waals surface area contributed by atoms with Gasteiger partial charge in [0.2, 0.25) is 5.91 Å². The van der Waals surface area contributed by atoms with E-state index in [0.29, 0.717) is 22.5 Å². The maximum atomic E-state index is 11.9. The van der Waals surface area contributed by atoms with Crippen LogP contribution in [0.5, 0.6) is 0 Å². The minimum atomic E-state index is 0.0383. The average molecular weight is 297 g/mol. The highest BCUT2D eigenvalue weighted by Crippen LogP contribution is 2.14. The number of hydrogen-bond donors (Lipinski definition) is 1. The van der Waals surface area contributed by atoms with E-state index in [1.165, 1.54) is 18.1 Å². The fourth-order valence-electron chi connectivity index (χ4n) is 1.46. The molecule has 0 unspecified atom stereocenters. The first kappa shape index (κ1) is 13.9. The Balaban J connectivity index is 1.83. The zero-order valence-corrected chi connectivity index (χ0v) is 11.9. The van der Waals surface area contributed by atoms with Crippen LogP contribution in [0.1, 0.15) is 5.56 Å². The average Bonchev–Trinajstić information content (AvgIpc) is 2.91. The molecule has 0 aliphatic carbocycles. The molecular formula is C12H13ClN4OS. The van der Waals surface area contributed by atoms with Crippen LogP contribution >= 0.6 is 23.4 Å². The summed E-state index contributed by atoms with van der Waals surface area (Å²) in [5.41, 5.74) is 1.05. The first-order chi connectivity index (χ1) is 9.15. The summed E-state index contributed by atoms with van der Waals surface area (Å²) in [6, 6.07) is 7.46. The van der Waals surface area contributed by atoms with Crippen molar-refractivity contribution in [3.8, 4) is 0 Å². The van der Waals surface area contributed by atoms with Gasteiger partial charge in [-0.3, -0.25) is 9.89 Å². The normalized spacial score (nSPS) is 10.4. The van der Waals surface area contributed by atoms with Gasteiger partial charge in [-0.2, -0.15) is 5.10 Å². The van der Waals surface area contributed by atoms with E-state index in [9.17, 15) is 4.79 Å². The van der Waals surface area contributed by atoms with Crippen LogP contribution in [-0.4, -0.2) is 38.8 Å². The number of nitrogens with one attached hydrogen (secondary N) is 1. The molecule has 1 aromatic carbocycles. The molecule has 100 valence electrons. The first-order valence-electron chi connectivity index (χ1n) is 5.62. The van der Waals surface area contributed by atoms with Crippen LogP contribution in [-0.2, 0) is 11.3 Å². The smallest absolute Gasteiger partial charge is 0.233 e. The highest BCUT2D eigenvalue weighted by atomic mass is 35.5. The summed E-state index contributed by atoms with van der Waals surface area (Å²) in [5.74, 6) is 0.371. The fraction of sp³-hybridized carbons (Fsp3) is 0.250. The van der Waals surface area contributed by atoms with Gasteiger partial charge in [-0.1, -0.05) is 35.5 Å². The maximum absolute atomic E-state index is 11.9. The standard InChI is InChI=1S/C12H13ClN4OS/c1-17(6-9-2-4-10(13)5-3-9)11(18)7-19-12-14-8-15-16-12/h2-5,8H,6-7H2,1H3,(H,14,15,16). The first-order valence-corrected chi connectivity index (χ1v) is 6.98. The highest BCUT2D eigenvalue weighted by Gasteiger charge is 2.10. The second-order valence-corrected chi connectivity index (χ2v) is 5.36. The van der Waals surface area contributed by atoms with Crippen molar-refractivity contribution in [2.24, 2.45) is 0 Å². The van der Waals surface area contributed by atoms with Gasteiger partial charge in [0.1, 0.15) is 6.33 Å². The van der Waals surface area contributed by atoms with Crippen molar-refractivity contribution < 1.29 is 4.79 Å². The van der Waals surface area contributed by atoms with Crippen LogP contribution in [0.15, 0.2) is 35.7 Å². The number of benzene rings is 1.